The third-order valence-corrected chi connectivity index (χ3v) is 5.37. The minimum absolute atomic E-state index is 0.637. The Morgan fingerprint density at radius 2 is 1.70 bits per heavy atom. The van der Waals surface area contributed by atoms with Crippen molar-refractivity contribution in [2.24, 2.45) is 5.73 Å². The smallest absolute Gasteiger partial charge is 0.0219 e. The lowest BCUT2D eigenvalue weighted by molar-refractivity contribution is 0.0690. The summed E-state index contributed by atoms with van der Waals surface area (Å²) in [5.41, 5.74) is 6.02. The van der Waals surface area contributed by atoms with Gasteiger partial charge in [-0.05, 0) is 19.3 Å². The molecule has 1 aliphatic carbocycles. The van der Waals surface area contributed by atoms with Crippen LogP contribution in [0.4, 0.5) is 0 Å². The van der Waals surface area contributed by atoms with E-state index in [-0.39, 0.29) is 0 Å². The number of nitrogens with zero attached hydrogens (tertiary/aromatic N) is 2. The largest absolute Gasteiger partial charge is 0.329 e. The first-order chi connectivity index (χ1) is 9.85. The highest BCUT2D eigenvalue weighted by Crippen LogP contribution is 2.25. The normalized spacial score (nSPS) is 24.3. The van der Waals surface area contributed by atoms with Crippen molar-refractivity contribution in [2.45, 2.75) is 76.8 Å². The first-order valence-corrected chi connectivity index (χ1v) is 9.03. The number of hydrogen-bond donors (Lipinski definition) is 1. The molecule has 1 unspecified atom stereocenters. The summed E-state index contributed by atoms with van der Waals surface area (Å²) >= 11 is 0. The van der Waals surface area contributed by atoms with E-state index in [0.717, 1.165) is 12.6 Å². The Hall–Kier alpha value is -0.120. The summed E-state index contributed by atoms with van der Waals surface area (Å²) in [7, 11) is 0. The van der Waals surface area contributed by atoms with Gasteiger partial charge in [-0.1, -0.05) is 45.4 Å². The Labute approximate surface area is 125 Å². The van der Waals surface area contributed by atoms with E-state index in [9.17, 15) is 0 Å². The topological polar surface area (TPSA) is 32.5 Å². The Morgan fingerprint density at radius 3 is 2.30 bits per heavy atom. The summed E-state index contributed by atoms with van der Waals surface area (Å²) in [6.07, 6.45) is 12.5. The van der Waals surface area contributed by atoms with Crippen molar-refractivity contribution in [3.63, 3.8) is 0 Å². The molecule has 0 spiro atoms. The molecule has 0 amide bonds. The standard InChI is InChI=1S/C17H35N3/c1-2-3-4-5-10-17(15-18)20-13-11-19(12-14-20)16-8-6-7-9-16/h16-17H,2-15,18H2,1H3. The molecular weight excluding hydrogens is 246 g/mol. The van der Waals surface area contributed by atoms with Gasteiger partial charge in [0.15, 0.2) is 0 Å². The summed E-state index contributed by atoms with van der Waals surface area (Å²) in [5, 5.41) is 0. The van der Waals surface area contributed by atoms with Gasteiger partial charge in [0.1, 0.15) is 0 Å². The number of hydrogen-bond acceptors (Lipinski definition) is 3. The maximum atomic E-state index is 6.02. The van der Waals surface area contributed by atoms with E-state index < -0.39 is 0 Å². The van der Waals surface area contributed by atoms with Gasteiger partial charge < -0.3 is 5.73 Å². The molecule has 0 aromatic carbocycles. The van der Waals surface area contributed by atoms with Gasteiger partial charge in [-0.25, -0.2) is 0 Å². The predicted molar refractivity (Wildman–Crippen MR) is 87.0 cm³/mol. The molecular formula is C17H35N3. The Balaban J connectivity index is 1.67. The van der Waals surface area contributed by atoms with Crippen LogP contribution < -0.4 is 5.73 Å². The fourth-order valence-corrected chi connectivity index (χ4v) is 3.99. The van der Waals surface area contributed by atoms with E-state index in [1.54, 1.807) is 0 Å². The van der Waals surface area contributed by atoms with Crippen LogP contribution in [0.3, 0.4) is 0 Å². The molecule has 3 heteroatoms. The maximum Gasteiger partial charge on any atom is 0.0219 e. The molecule has 2 aliphatic rings. The van der Waals surface area contributed by atoms with Crippen LogP contribution in [0, 0.1) is 0 Å². The van der Waals surface area contributed by atoms with Gasteiger partial charge in [-0.2, -0.15) is 0 Å². The van der Waals surface area contributed by atoms with Crippen LogP contribution in [0.15, 0.2) is 0 Å². The molecule has 0 aromatic rings. The molecule has 0 bridgehead atoms. The summed E-state index contributed by atoms with van der Waals surface area (Å²) in [6.45, 7) is 8.16. The van der Waals surface area contributed by atoms with Crippen LogP contribution >= 0.6 is 0 Å². The van der Waals surface area contributed by atoms with Crippen molar-refractivity contribution in [3.05, 3.63) is 0 Å². The zero-order valence-electron chi connectivity index (χ0n) is 13.5. The number of piperazine rings is 1. The van der Waals surface area contributed by atoms with Gasteiger partial charge in [0.05, 0.1) is 0 Å². The lowest BCUT2D eigenvalue weighted by atomic mass is 10.0. The minimum Gasteiger partial charge on any atom is -0.329 e. The van der Waals surface area contributed by atoms with E-state index in [4.69, 9.17) is 5.73 Å². The molecule has 20 heavy (non-hydrogen) atoms. The Bertz CT molecular complexity index is 243. The summed E-state index contributed by atoms with van der Waals surface area (Å²) in [5.74, 6) is 0. The van der Waals surface area contributed by atoms with Gasteiger partial charge in [-0.3, -0.25) is 9.80 Å². The number of rotatable bonds is 8. The average Bonchev–Trinajstić information content (AvgIpc) is 3.02. The molecule has 2 N–H and O–H groups in total. The number of unbranched alkanes of at least 4 members (excludes halogenated alkanes) is 3. The minimum atomic E-state index is 0.637. The van der Waals surface area contributed by atoms with Crippen molar-refractivity contribution < 1.29 is 0 Å². The highest BCUT2D eigenvalue weighted by molar-refractivity contribution is 4.84. The van der Waals surface area contributed by atoms with E-state index >= 15 is 0 Å². The lowest BCUT2D eigenvalue weighted by Gasteiger charge is -2.41. The van der Waals surface area contributed by atoms with E-state index in [1.165, 1.54) is 84.0 Å². The van der Waals surface area contributed by atoms with E-state index in [0.29, 0.717) is 6.04 Å². The quantitative estimate of drug-likeness (QED) is 0.694. The zero-order valence-corrected chi connectivity index (χ0v) is 13.5. The van der Waals surface area contributed by atoms with Crippen molar-refractivity contribution in [3.8, 4) is 0 Å². The molecule has 3 nitrogen and oxygen atoms in total. The van der Waals surface area contributed by atoms with Crippen LogP contribution in [-0.2, 0) is 0 Å². The third kappa shape index (κ3) is 4.71. The van der Waals surface area contributed by atoms with Crippen LogP contribution in [0.2, 0.25) is 0 Å². The first-order valence-electron chi connectivity index (χ1n) is 9.03. The highest BCUT2D eigenvalue weighted by Gasteiger charge is 2.28. The van der Waals surface area contributed by atoms with Gasteiger partial charge in [0, 0.05) is 44.8 Å². The maximum absolute atomic E-state index is 6.02. The molecule has 1 saturated carbocycles. The molecule has 1 atom stereocenters. The number of nitrogens with two attached hydrogens (primary N) is 1. The predicted octanol–water partition coefficient (Wildman–Crippen LogP) is 2.84. The van der Waals surface area contributed by atoms with Crippen molar-refractivity contribution >= 4 is 0 Å². The van der Waals surface area contributed by atoms with Crippen LogP contribution in [0.1, 0.15) is 64.7 Å². The van der Waals surface area contributed by atoms with Crippen LogP contribution in [0.25, 0.3) is 0 Å². The van der Waals surface area contributed by atoms with Crippen LogP contribution in [0.5, 0.6) is 0 Å². The second kappa shape index (κ2) is 9.01. The third-order valence-electron chi connectivity index (χ3n) is 5.37. The Morgan fingerprint density at radius 1 is 1.00 bits per heavy atom. The molecule has 0 aromatic heterocycles. The fourth-order valence-electron chi connectivity index (χ4n) is 3.99. The molecule has 1 heterocycles. The summed E-state index contributed by atoms with van der Waals surface area (Å²) in [4.78, 5) is 5.41. The van der Waals surface area contributed by atoms with Gasteiger partial charge in [-0.15, -0.1) is 0 Å². The van der Waals surface area contributed by atoms with Gasteiger partial charge in [0.2, 0.25) is 0 Å². The van der Waals surface area contributed by atoms with Crippen molar-refractivity contribution in [1.29, 1.82) is 0 Å². The second-order valence-corrected chi connectivity index (χ2v) is 6.75. The SMILES string of the molecule is CCCCCCC(CN)N1CCN(C2CCCC2)CC1. The van der Waals surface area contributed by atoms with Gasteiger partial charge in [0.25, 0.3) is 0 Å². The summed E-state index contributed by atoms with van der Waals surface area (Å²) < 4.78 is 0. The molecule has 118 valence electrons. The zero-order chi connectivity index (χ0) is 14.2. The Kier molecular flexibility index (Phi) is 7.32. The van der Waals surface area contributed by atoms with Crippen molar-refractivity contribution in [2.75, 3.05) is 32.7 Å². The lowest BCUT2D eigenvalue weighted by Crippen LogP contribution is -2.54. The van der Waals surface area contributed by atoms with Crippen molar-refractivity contribution in [1.82, 2.24) is 9.80 Å². The first kappa shape index (κ1) is 16.3. The summed E-state index contributed by atoms with van der Waals surface area (Å²) in [6, 6.07) is 1.54. The fraction of sp³-hybridized carbons (Fsp3) is 1.00. The monoisotopic (exact) mass is 281 g/mol. The van der Waals surface area contributed by atoms with E-state index in [1.807, 2.05) is 0 Å². The van der Waals surface area contributed by atoms with Gasteiger partial charge >= 0.3 is 0 Å². The molecule has 2 rings (SSSR count). The van der Waals surface area contributed by atoms with E-state index in [2.05, 4.69) is 16.7 Å². The molecule has 1 aliphatic heterocycles. The van der Waals surface area contributed by atoms with Crippen LogP contribution in [-0.4, -0.2) is 54.6 Å². The molecule has 2 fully saturated rings. The average molecular weight is 281 g/mol. The highest BCUT2D eigenvalue weighted by atomic mass is 15.3. The molecule has 0 radical (unpaired) electrons. The second-order valence-electron chi connectivity index (χ2n) is 6.75. The molecule has 1 saturated heterocycles.